The molecule has 5 atom stereocenters. The summed E-state index contributed by atoms with van der Waals surface area (Å²) >= 11 is 6.48. The van der Waals surface area contributed by atoms with E-state index in [4.69, 9.17) is 26.3 Å². The Labute approximate surface area is 229 Å². The van der Waals surface area contributed by atoms with Crippen LogP contribution in [0.4, 0.5) is 10.2 Å². The summed E-state index contributed by atoms with van der Waals surface area (Å²) in [4.78, 5) is 14.6. The van der Waals surface area contributed by atoms with Gasteiger partial charge in [0.25, 0.3) is 0 Å². The first kappa shape index (κ1) is 25.0. The van der Waals surface area contributed by atoms with E-state index in [1.165, 1.54) is 19.3 Å². The van der Waals surface area contributed by atoms with Crippen molar-refractivity contribution in [2.45, 2.75) is 82.0 Å². The predicted octanol–water partition coefficient (Wildman–Crippen LogP) is 5.01. The summed E-state index contributed by atoms with van der Waals surface area (Å²) in [6.07, 6.45) is 7.41. The van der Waals surface area contributed by atoms with Gasteiger partial charge in [0, 0.05) is 43.1 Å². The number of fused-ring (bicyclic) bond motifs is 4. The molecule has 4 fully saturated rings. The van der Waals surface area contributed by atoms with Crippen LogP contribution in [0.3, 0.4) is 0 Å². The van der Waals surface area contributed by atoms with Crippen molar-refractivity contribution < 1.29 is 14.2 Å². The first-order chi connectivity index (χ1) is 18.3. The van der Waals surface area contributed by atoms with Gasteiger partial charge in [-0.2, -0.15) is 9.97 Å². The van der Waals surface area contributed by atoms with Crippen molar-refractivity contribution in [1.82, 2.24) is 14.9 Å². The molecule has 0 spiro atoms. The van der Waals surface area contributed by atoms with Gasteiger partial charge in [0.15, 0.2) is 0 Å². The molecular formula is C30H38ClFN4O2. The summed E-state index contributed by atoms with van der Waals surface area (Å²) in [6, 6.07) is 6.16. The smallest absolute Gasteiger partial charge is 0.318 e. The van der Waals surface area contributed by atoms with Crippen LogP contribution < -0.4 is 9.64 Å². The van der Waals surface area contributed by atoms with Crippen LogP contribution in [0.5, 0.6) is 6.01 Å². The maximum Gasteiger partial charge on any atom is 0.318 e. The van der Waals surface area contributed by atoms with Crippen molar-refractivity contribution in [3.05, 3.63) is 45.6 Å². The molecule has 0 amide bonds. The summed E-state index contributed by atoms with van der Waals surface area (Å²) in [5.74, 6) is 2.37. The molecule has 7 rings (SSSR count). The number of hydrogen-bond donors (Lipinski definition) is 1. The van der Waals surface area contributed by atoms with Crippen LogP contribution in [0, 0.1) is 18.8 Å². The van der Waals surface area contributed by atoms with Gasteiger partial charge in [0.1, 0.15) is 18.6 Å². The highest BCUT2D eigenvalue weighted by Gasteiger charge is 2.49. The lowest BCUT2D eigenvalue weighted by Gasteiger charge is -2.35. The molecule has 3 saturated heterocycles. The molecule has 4 heterocycles. The van der Waals surface area contributed by atoms with Crippen LogP contribution >= 0.6 is 11.6 Å². The van der Waals surface area contributed by atoms with Crippen LogP contribution in [-0.4, -0.2) is 64.5 Å². The lowest BCUT2D eigenvalue weighted by molar-refractivity contribution is 0.0374. The predicted molar refractivity (Wildman–Crippen MR) is 146 cm³/mol. The minimum absolute atomic E-state index is 0.252. The van der Waals surface area contributed by atoms with Gasteiger partial charge >= 0.3 is 6.01 Å². The Hall–Kier alpha value is -1.96. The monoisotopic (exact) mass is 540 g/mol. The lowest BCUT2D eigenvalue weighted by atomic mass is 9.89. The van der Waals surface area contributed by atoms with E-state index >= 15 is 0 Å². The molecule has 8 heteroatoms. The lowest BCUT2D eigenvalue weighted by Crippen LogP contribution is -2.43. The third-order valence-electron chi connectivity index (χ3n) is 10.2. The second kappa shape index (κ2) is 9.31. The maximum absolute atomic E-state index is 14.4. The van der Waals surface area contributed by atoms with E-state index in [-0.39, 0.29) is 5.54 Å². The van der Waals surface area contributed by atoms with E-state index in [1.54, 1.807) is 0 Å². The van der Waals surface area contributed by atoms with Gasteiger partial charge in [-0.15, -0.1) is 0 Å². The number of halogens is 2. The number of aromatic nitrogens is 2. The minimum Gasteiger partial charge on any atom is -0.461 e. The van der Waals surface area contributed by atoms with Crippen LogP contribution in [-0.2, 0) is 18.4 Å². The number of nitrogens with zero attached hydrogens (tertiary/aromatic N) is 4. The van der Waals surface area contributed by atoms with Crippen molar-refractivity contribution in [1.29, 1.82) is 0 Å². The minimum atomic E-state index is -1.03. The van der Waals surface area contributed by atoms with E-state index in [9.17, 15) is 9.50 Å². The molecule has 204 valence electrons. The zero-order valence-electron chi connectivity index (χ0n) is 22.3. The normalized spacial score (nSPS) is 34.1. The first-order valence-electron chi connectivity index (χ1n) is 14.5. The molecule has 1 aromatic heterocycles. The van der Waals surface area contributed by atoms with E-state index < -0.39 is 11.8 Å². The third kappa shape index (κ3) is 4.20. The van der Waals surface area contributed by atoms with Crippen LogP contribution in [0.25, 0.3) is 0 Å². The fourth-order valence-corrected chi connectivity index (χ4v) is 8.55. The average Bonchev–Trinajstić information content (AvgIpc) is 3.61. The molecule has 38 heavy (non-hydrogen) atoms. The Morgan fingerprint density at radius 1 is 1.16 bits per heavy atom. The standard InChI is InChI=1S/C30H38ClFN4O2/c1-19-26(14-30(37)10-8-23-24(30)4-2-5-25(23)31)33-28(34-27(19)35-15-20-6-7-21(12-20)16-35)38-18-29-9-3-11-36(29)17-22(32)13-29/h2,4-5,20-22,37H,3,6-18H2,1H3/t20-,21+,22-,29+,30?/m1/s1. The highest BCUT2D eigenvalue weighted by molar-refractivity contribution is 6.31. The summed E-state index contributed by atoms with van der Waals surface area (Å²) in [6.45, 7) is 5.95. The maximum atomic E-state index is 14.4. The number of hydrogen-bond acceptors (Lipinski definition) is 6. The van der Waals surface area contributed by atoms with E-state index in [0.29, 0.717) is 38.4 Å². The quantitative estimate of drug-likeness (QED) is 0.556. The number of anilines is 1. The van der Waals surface area contributed by atoms with Gasteiger partial charge in [-0.05, 0) is 87.4 Å². The second-order valence-electron chi connectivity index (χ2n) is 12.7. The largest absolute Gasteiger partial charge is 0.461 e. The topological polar surface area (TPSA) is 61.7 Å². The van der Waals surface area contributed by atoms with Gasteiger partial charge in [-0.1, -0.05) is 23.7 Å². The fourth-order valence-electron chi connectivity index (χ4n) is 8.28. The Morgan fingerprint density at radius 3 is 2.79 bits per heavy atom. The van der Waals surface area contributed by atoms with Gasteiger partial charge in [0.05, 0.1) is 16.8 Å². The fraction of sp³-hybridized carbons (Fsp3) is 0.667. The zero-order valence-corrected chi connectivity index (χ0v) is 23.0. The third-order valence-corrected chi connectivity index (χ3v) is 10.6. The molecule has 3 aliphatic heterocycles. The van der Waals surface area contributed by atoms with Crippen molar-refractivity contribution in [3.8, 4) is 6.01 Å². The molecule has 1 N–H and O–H groups in total. The van der Waals surface area contributed by atoms with Crippen molar-refractivity contribution in [3.63, 3.8) is 0 Å². The molecule has 2 aromatic rings. The summed E-state index contributed by atoms with van der Waals surface area (Å²) in [5.41, 5.74) is 2.51. The zero-order chi connectivity index (χ0) is 26.1. The molecule has 1 aromatic carbocycles. The number of rotatable bonds is 6. The Bertz CT molecular complexity index is 1230. The highest BCUT2D eigenvalue weighted by Crippen LogP contribution is 2.44. The number of aliphatic hydroxyl groups is 1. The van der Waals surface area contributed by atoms with Crippen LogP contribution in [0.2, 0.25) is 5.02 Å². The van der Waals surface area contributed by atoms with Crippen molar-refractivity contribution in [2.24, 2.45) is 11.8 Å². The molecule has 1 saturated carbocycles. The van der Waals surface area contributed by atoms with Crippen LogP contribution in [0.1, 0.15) is 67.3 Å². The van der Waals surface area contributed by atoms with Crippen molar-refractivity contribution in [2.75, 3.05) is 37.7 Å². The van der Waals surface area contributed by atoms with Crippen molar-refractivity contribution >= 4 is 17.4 Å². The molecule has 6 nitrogen and oxygen atoms in total. The van der Waals surface area contributed by atoms with Crippen LogP contribution in [0.15, 0.2) is 18.2 Å². The van der Waals surface area contributed by atoms with E-state index in [0.717, 1.165) is 84.0 Å². The summed E-state index contributed by atoms with van der Waals surface area (Å²) in [5, 5.41) is 12.6. The number of benzene rings is 1. The van der Waals surface area contributed by atoms with Gasteiger partial charge in [-0.3, -0.25) is 4.90 Å². The number of alkyl halides is 1. The van der Waals surface area contributed by atoms with Gasteiger partial charge in [-0.25, -0.2) is 4.39 Å². The second-order valence-corrected chi connectivity index (χ2v) is 13.1. The van der Waals surface area contributed by atoms with E-state index in [1.807, 2.05) is 18.2 Å². The molecular weight excluding hydrogens is 503 g/mol. The molecule has 2 bridgehead atoms. The summed E-state index contributed by atoms with van der Waals surface area (Å²) in [7, 11) is 0. The highest BCUT2D eigenvalue weighted by atomic mass is 35.5. The summed E-state index contributed by atoms with van der Waals surface area (Å²) < 4.78 is 20.7. The first-order valence-corrected chi connectivity index (χ1v) is 14.8. The molecule has 1 unspecified atom stereocenters. The van der Waals surface area contributed by atoms with E-state index in [2.05, 4.69) is 16.7 Å². The molecule has 5 aliphatic rings. The Morgan fingerprint density at radius 2 is 1.97 bits per heavy atom. The van der Waals surface area contributed by atoms with Gasteiger partial charge < -0.3 is 14.7 Å². The SMILES string of the molecule is Cc1c(CC2(O)CCc3c(Cl)cccc32)nc(OC[C@@]23CCCN2C[C@H](F)C3)nc1N1C[C@@H]2CC[C@@H](C2)C1. The number of ether oxygens (including phenoxy) is 1. The van der Waals surface area contributed by atoms with Gasteiger partial charge in [0.2, 0.25) is 0 Å². The Balaban J connectivity index is 1.22. The molecule has 2 aliphatic carbocycles. The number of piperidine rings is 1. The Kier molecular flexibility index (Phi) is 6.13. The average molecular weight is 541 g/mol. The molecule has 0 radical (unpaired) electrons.